The second-order valence-corrected chi connectivity index (χ2v) is 4.55. The highest BCUT2D eigenvalue weighted by Crippen LogP contribution is 2.17. The Hall–Kier alpha value is -0.610. The van der Waals surface area contributed by atoms with Crippen molar-refractivity contribution in [2.75, 3.05) is 40.3 Å². The van der Waals surface area contributed by atoms with Gasteiger partial charge >= 0.3 is 0 Å². The minimum atomic E-state index is 0.260. The largest absolute Gasteiger partial charge is 0.341 e. The van der Waals surface area contributed by atoms with Crippen molar-refractivity contribution in [3.05, 3.63) is 0 Å². The third kappa shape index (κ3) is 1.77. The lowest BCUT2D eigenvalue weighted by atomic mass is 10.0. The van der Waals surface area contributed by atoms with Crippen LogP contribution in [0.2, 0.25) is 0 Å². The van der Waals surface area contributed by atoms with E-state index >= 15 is 0 Å². The summed E-state index contributed by atoms with van der Waals surface area (Å²) in [6.45, 7) is 3.62. The lowest BCUT2D eigenvalue weighted by Gasteiger charge is -2.30. The molecule has 4 heteroatoms. The lowest BCUT2D eigenvalue weighted by molar-refractivity contribution is -0.136. The smallest absolute Gasteiger partial charge is 0.228 e. The molecule has 0 bridgehead atoms. The fourth-order valence-corrected chi connectivity index (χ4v) is 2.08. The topological polar surface area (TPSA) is 35.6 Å². The number of carbonyl (C=O) groups is 1. The second kappa shape index (κ2) is 3.87. The SMILES string of the molecule is CN(C)C1CCN(C(=O)C2CNC2)C1. The van der Waals surface area contributed by atoms with E-state index in [-0.39, 0.29) is 5.92 Å². The zero-order chi connectivity index (χ0) is 10.1. The minimum absolute atomic E-state index is 0.260. The molecule has 2 saturated heterocycles. The number of hydrogen-bond donors (Lipinski definition) is 1. The molecule has 1 N–H and O–H groups in total. The monoisotopic (exact) mass is 197 g/mol. The van der Waals surface area contributed by atoms with E-state index in [9.17, 15) is 4.79 Å². The van der Waals surface area contributed by atoms with Crippen molar-refractivity contribution in [2.24, 2.45) is 5.92 Å². The second-order valence-electron chi connectivity index (χ2n) is 4.55. The quantitative estimate of drug-likeness (QED) is 0.640. The van der Waals surface area contributed by atoms with E-state index in [0.717, 1.165) is 32.6 Å². The summed E-state index contributed by atoms with van der Waals surface area (Å²) in [5.41, 5.74) is 0. The van der Waals surface area contributed by atoms with Crippen molar-refractivity contribution in [2.45, 2.75) is 12.5 Å². The number of carbonyl (C=O) groups excluding carboxylic acids is 1. The highest BCUT2D eigenvalue weighted by atomic mass is 16.2. The predicted octanol–water partition coefficient (Wildman–Crippen LogP) is -0.632. The van der Waals surface area contributed by atoms with Gasteiger partial charge in [-0.05, 0) is 20.5 Å². The molecule has 2 fully saturated rings. The van der Waals surface area contributed by atoms with Gasteiger partial charge in [0.05, 0.1) is 5.92 Å². The summed E-state index contributed by atoms with van der Waals surface area (Å²) in [7, 11) is 4.17. The van der Waals surface area contributed by atoms with Crippen molar-refractivity contribution in [1.29, 1.82) is 0 Å². The molecular formula is C10H19N3O. The van der Waals surface area contributed by atoms with E-state index in [2.05, 4.69) is 24.3 Å². The standard InChI is InChI=1S/C10H19N3O/c1-12(2)9-3-4-13(7-9)10(14)8-5-11-6-8/h8-9,11H,3-7H2,1-2H3. The van der Waals surface area contributed by atoms with Crippen LogP contribution in [-0.4, -0.2) is 62.0 Å². The maximum Gasteiger partial charge on any atom is 0.228 e. The summed E-state index contributed by atoms with van der Waals surface area (Å²) < 4.78 is 0. The number of likely N-dealkylation sites (N-methyl/N-ethyl adjacent to an activating group) is 1. The van der Waals surface area contributed by atoms with Crippen LogP contribution in [0.1, 0.15) is 6.42 Å². The van der Waals surface area contributed by atoms with Crippen molar-refractivity contribution < 1.29 is 4.79 Å². The molecule has 2 aliphatic rings. The van der Waals surface area contributed by atoms with Gasteiger partial charge in [-0.3, -0.25) is 4.79 Å². The van der Waals surface area contributed by atoms with Crippen LogP contribution >= 0.6 is 0 Å². The molecule has 1 amide bonds. The average molecular weight is 197 g/mol. The van der Waals surface area contributed by atoms with Gasteiger partial charge in [0.25, 0.3) is 0 Å². The Morgan fingerprint density at radius 1 is 1.43 bits per heavy atom. The van der Waals surface area contributed by atoms with Crippen molar-refractivity contribution in [3.8, 4) is 0 Å². The molecule has 1 atom stereocenters. The van der Waals surface area contributed by atoms with Crippen LogP contribution in [0.15, 0.2) is 0 Å². The van der Waals surface area contributed by atoms with E-state index in [1.54, 1.807) is 0 Å². The van der Waals surface area contributed by atoms with Crippen molar-refractivity contribution in [3.63, 3.8) is 0 Å². The average Bonchev–Trinajstić information content (AvgIpc) is 2.48. The molecule has 0 aromatic heterocycles. The molecule has 2 heterocycles. The fraction of sp³-hybridized carbons (Fsp3) is 0.900. The fourth-order valence-electron chi connectivity index (χ4n) is 2.08. The number of nitrogens with one attached hydrogen (secondary N) is 1. The Labute approximate surface area is 85.2 Å². The third-order valence-electron chi connectivity index (χ3n) is 3.34. The number of likely N-dealkylation sites (tertiary alicyclic amines) is 1. The molecule has 4 nitrogen and oxygen atoms in total. The molecule has 0 aliphatic carbocycles. The van der Waals surface area contributed by atoms with E-state index in [1.165, 1.54) is 0 Å². The molecule has 0 saturated carbocycles. The minimum Gasteiger partial charge on any atom is -0.341 e. The molecular weight excluding hydrogens is 178 g/mol. The van der Waals surface area contributed by atoms with Crippen molar-refractivity contribution in [1.82, 2.24) is 15.1 Å². The number of hydrogen-bond acceptors (Lipinski definition) is 3. The van der Waals surface area contributed by atoms with E-state index in [1.807, 2.05) is 4.90 Å². The Bertz CT molecular complexity index is 225. The van der Waals surface area contributed by atoms with Gasteiger partial charge in [0.15, 0.2) is 0 Å². The molecule has 2 aliphatic heterocycles. The Morgan fingerprint density at radius 2 is 2.14 bits per heavy atom. The van der Waals surface area contributed by atoms with Gasteiger partial charge in [0.2, 0.25) is 5.91 Å². The molecule has 0 aromatic rings. The van der Waals surface area contributed by atoms with Gasteiger partial charge in [0, 0.05) is 32.2 Å². The first-order valence-electron chi connectivity index (χ1n) is 5.34. The van der Waals surface area contributed by atoms with Crippen LogP contribution < -0.4 is 5.32 Å². The Balaban J connectivity index is 1.85. The predicted molar refractivity (Wildman–Crippen MR) is 55.0 cm³/mol. The molecule has 0 aromatic carbocycles. The number of rotatable bonds is 2. The highest BCUT2D eigenvalue weighted by Gasteiger charge is 2.33. The normalized spacial score (nSPS) is 28.2. The van der Waals surface area contributed by atoms with Gasteiger partial charge < -0.3 is 15.1 Å². The highest BCUT2D eigenvalue weighted by molar-refractivity contribution is 5.80. The molecule has 0 spiro atoms. The van der Waals surface area contributed by atoms with E-state index in [0.29, 0.717) is 11.9 Å². The van der Waals surface area contributed by atoms with Crippen molar-refractivity contribution >= 4 is 5.91 Å². The summed E-state index contributed by atoms with van der Waals surface area (Å²) in [5, 5.41) is 3.14. The Kier molecular flexibility index (Phi) is 2.74. The first-order valence-corrected chi connectivity index (χ1v) is 5.34. The van der Waals surface area contributed by atoms with Gasteiger partial charge in [-0.15, -0.1) is 0 Å². The summed E-state index contributed by atoms with van der Waals surface area (Å²) in [6.07, 6.45) is 1.12. The van der Waals surface area contributed by atoms with Gasteiger partial charge in [0.1, 0.15) is 0 Å². The molecule has 0 radical (unpaired) electrons. The zero-order valence-electron chi connectivity index (χ0n) is 8.99. The van der Waals surface area contributed by atoms with Crippen LogP contribution in [0.25, 0.3) is 0 Å². The summed E-state index contributed by atoms with van der Waals surface area (Å²) in [6, 6.07) is 0.562. The summed E-state index contributed by atoms with van der Waals surface area (Å²) in [5.74, 6) is 0.615. The zero-order valence-corrected chi connectivity index (χ0v) is 8.99. The van der Waals surface area contributed by atoms with Crippen LogP contribution in [0.3, 0.4) is 0 Å². The summed E-state index contributed by atoms with van der Waals surface area (Å²) >= 11 is 0. The molecule has 1 unspecified atom stereocenters. The van der Waals surface area contributed by atoms with Crippen LogP contribution in [0.4, 0.5) is 0 Å². The molecule has 14 heavy (non-hydrogen) atoms. The van der Waals surface area contributed by atoms with Crippen LogP contribution in [0.5, 0.6) is 0 Å². The first-order chi connectivity index (χ1) is 6.68. The number of amides is 1. The molecule has 80 valence electrons. The van der Waals surface area contributed by atoms with Crippen LogP contribution in [0, 0.1) is 5.92 Å². The van der Waals surface area contributed by atoms with Gasteiger partial charge in [-0.25, -0.2) is 0 Å². The van der Waals surface area contributed by atoms with Gasteiger partial charge in [-0.1, -0.05) is 0 Å². The number of nitrogens with zero attached hydrogens (tertiary/aromatic N) is 2. The first kappa shape index (κ1) is 9.93. The molecule has 2 rings (SSSR count). The van der Waals surface area contributed by atoms with E-state index < -0.39 is 0 Å². The maximum atomic E-state index is 11.9. The van der Waals surface area contributed by atoms with Gasteiger partial charge in [-0.2, -0.15) is 0 Å². The third-order valence-corrected chi connectivity index (χ3v) is 3.34. The summed E-state index contributed by atoms with van der Waals surface area (Å²) in [4.78, 5) is 16.1. The lowest BCUT2D eigenvalue weighted by Crippen LogP contribution is -2.51. The van der Waals surface area contributed by atoms with E-state index in [4.69, 9.17) is 0 Å². The Morgan fingerprint density at radius 3 is 2.57 bits per heavy atom. The van der Waals surface area contributed by atoms with Crippen LogP contribution in [-0.2, 0) is 4.79 Å². The maximum absolute atomic E-state index is 11.9.